The third kappa shape index (κ3) is 6.37. The number of ether oxygens (including phenoxy) is 1. The van der Waals surface area contributed by atoms with Gasteiger partial charge in [-0.05, 0) is 17.6 Å². The Hall–Kier alpha value is -1.83. The van der Waals surface area contributed by atoms with Gasteiger partial charge in [-0.25, -0.2) is 0 Å². The van der Waals surface area contributed by atoms with E-state index < -0.39 is 0 Å². The summed E-state index contributed by atoms with van der Waals surface area (Å²) < 4.78 is 5.38. The van der Waals surface area contributed by atoms with Crippen molar-refractivity contribution in [2.75, 3.05) is 0 Å². The van der Waals surface area contributed by atoms with Gasteiger partial charge in [-0.2, -0.15) is 0 Å². The average molecular weight is 272 g/mol. The van der Waals surface area contributed by atoms with Crippen LogP contribution in [0, 0.1) is 0 Å². The summed E-state index contributed by atoms with van der Waals surface area (Å²) in [5.41, 5.74) is 1.99. The highest BCUT2D eigenvalue weighted by Crippen LogP contribution is 2.14. The highest BCUT2D eigenvalue weighted by molar-refractivity contribution is 5.66. The second kappa shape index (κ2) is 9.13. The van der Waals surface area contributed by atoms with Crippen molar-refractivity contribution >= 4 is 5.97 Å². The fraction of sp³-hybridized carbons (Fsp3) is 0.389. The van der Waals surface area contributed by atoms with Crippen LogP contribution in [-0.4, -0.2) is 12.1 Å². The molecule has 0 bridgehead atoms. The second-order valence-corrected chi connectivity index (χ2v) is 4.91. The Bertz CT molecular complexity index is 446. The molecule has 0 heterocycles. The molecule has 1 atom stereocenters. The molecule has 0 aliphatic carbocycles. The van der Waals surface area contributed by atoms with Crippen LogP contribution >= 0.6 is 0 Å². The largest absolute Gasteiger partial charge is 0.457 e. The van der Waals surface area contributed by atoms with Crippen molar-refractivity contribution in [2.24, 2.45) is 0 Å². The minimum Gasteiger partial charge on any atom is -0.457 e. The minimum atomic E-state index is -0.284. The van der Waals surface area contributed by atoms with Crippen LogP contribution < -0.4 is 0 Å². The molecule has 1 aromatic carbocycles. The van der Waals surface area contributed by atoms with Crippen molar-refractivity contribution in [1.29, 1.82) is 0 Å². The van der Waals surface area contributed by atoms with E-state index in [0.29, 0.717) is 6.42 Å². The van der Waals surface area contributed by atoms with Gasteiger partial charge in [0.1, 0.15) is 6.10 Å². The van der Waals surface area contributed by atoms with Crippen molar-refractivity contribution in [3.8, 4) is 0 Å². The van der Waals surface area contributed by atoms with Crippen LogP contribution in [0.2, 0.25) is 0 Å². The zero-order valence-corrected chi connectivity index (χ0v) is 12.5. The number of allylic oxidation sites excluding steroid dienone is 1. The fourth-order valence-electron chi connectivity index (χ4n) is 1.94. The maximum atomic E-state index is 11.2. The molecule has 0 amide bonds. The van der Waals surface area contributed by atoms with Gasteiger partial charge in [0.2, 0.25) is 0 Å². The first-order chi connectivity index (χ1) is 9.63. The molecule has 2 heteroatoms. The van der Waals surface area contributed by atoms with Crippen molar-refractivity contribution in [3.05, 3.63) is 60.2 Å². The highest BCUT2D eigenvalue weighted by atomic mass is 16.5. The van der Waals surface area contributed by atoms with Crippen LogP contribution in [-0.2, 0) is 16.0 Å². The molecule has 1 aromatic rings. The van der Waals surface area contributed by atoms with E-state index in [-0.39, 0.29) is 12.1 Å². The summed E-state index contributed by atoms with van der Waals surface area (Å²) in [4.78, 5) is 11.2. The molecule has 0 aliphatic heterocycles. The molecule has 1 rings (SSSR count). The molecule has 0 spiro atoms. The molecular formula is C18H24O2. The van der Waals surface area contributed by atoms with E-state index in [1.54, 1.807) is 0 Å². The Morgan fingerprint density at radius 1 is 1.35 bits per heavy atom. The van der Waals surface area contributed by atoms with Gasteiger partial charge < -0.3 is 4.74 Å². The first kappa shape index (κ1) is 16.2. The topological polar surface area (TPSA) is 26.3 Å². The van der Waals surface area contributed by atoms with Crippen LogP contribution in [0.5, 0.6) is 0 Å². The Balaban J connectivity index is 2.66. The van der Waals surface area contributed by atoms with Gasteiger partial charge in [-0.3, -0.25) is 4.79 Å². The number of hydrogen-bond donors (Lipinski definition) is 0. The number of benzene rings is 1. The zero-order chi connectivity index (χ0) is 14.8. The third-order valence-electron chi connectivity index (χ3n) is 3.04. The summed E-state index contributed by atoms with van der Waals surface area (Å²) in [5.74, 6) is -0.269. The van der Waals surface area contributed by atoms with E-state index in [1.165, 1.54) is 19.8 Å². The van der Waals surface area contributed by atoms with Crippen molar-refractivity contribution in [1.82, 2.24) is 0 Å². The summed E-state index contributed by atoms with van der Waals surface area (Å²) in [7, 11) is 0. The van der Waals surface area contributed by atoms with Gasteiger partial charge >= 0.3 is 5.97 Å². The molecule has 2 nitrogen and oxygen atoms in total. The summed E-state index contributed by atoms with van der Waals surface area (Å²) >= 11 is 0. The predicted octanol–water partition coefficient (Wildman–Crippen LogP) is 4.46. The number of esters is 1. The van der Waals surface area contributed by atoms with Crippen LogP contribution in [0.15, 0.2) is 54.6 Å². The van der Waals surface area contributed by atoms with Gasteiger partial charge in [0.15, 0.2) is 0 Å². The first-order valence-corrected chi connectivity index (χ1v) is 7.20. The lowest BCUT2D eigenvalue weighted by Crippen LogP contribution is -2.20. The van der Waals surface area contributed by atoms with E-state index >= 15 is 0 Å². The van der Waals surface area contributed by atoms with Crippen LogP contribution in [0.25, 0.3) is 0 Å². The molecule has 0 N–H and O–H groups in total. The SMILES string of the molecule is C=C(/C=C/CCCC)C(Cc1ccccc1)OC(C)=O. The van der Waals surface area contributed by atoms with Crippen LogP contribution in [0.4, 0.5) is 0 Å². The maximum absolute atomic E-state index is 11.2. The lowest BCUT2D eigenvalue weighted by atomic mass is 10.0. The van der Waals surface area contributed by atoms with Crippen LogP contribution in [0.1, 0.15) is 38.7 Å². The molecule has 0 saturated heterocycles. The minimum absolute atomic E-state index is 0.269. The van der Waals surface area contributed by atoms with Crippen molar-refractivity contribution < 1.29 is 9.53 Å². The van der Waals surface area contributed by atoms with Gasteiger partial charge in [0.05, 0.1) is 0 Å². The molecule has 0 saturated carbocycles. The molecule has 0 fully saturated rings. The molecule has 0 aliphatic rings. The Morgan fingerprint density at radius 2 is 2.05 bits per heavy atom. The molecule has 0 radical (unpaired) electrons. The van der Waals surface area contributed by atoms with E-state index in [1.807, 2.05) is 36.4 Å². The lowest BCUT2D eigenvalue weighted by Gasteiger charge is -2.17. The fourth-order valence-corrected chi connectivity index (χ4v) is 1.94. The summed E-state index contributed by atoms with van der Waals surface area (Å²) in [5, 5.41) is 0. The normalized spacial score (nSPS) is 12.3. The molecule has 20 heavy (non-hydrogen) atoms. The van der Waals surface area contributed by atoms with E-state index in [0.717, 1.165) is 17.6 Å². The van der Waals surface area contributed by atoms with Gasteiger partial charge in [-0.15, -0.1) is 0 Å². The quantitative estimate of drug-likeness (QED) is 0.396. The lowest BCUT2D eigenvalue weighted by molar-refractivity contribution is -0.144. The van der Waals surface area contributed by atoms with E-state index in [9.17, 15) is 4.79 Å². The van der Waals surface area contributed by atoms with Crippen molar-refractivity contribution in [2.45, 2.75) is 45.6 Å². The van der Waals surface area contributed by atoms with Crippen molar-refractivity contribution in [3.63, 3.8) is 0 Å². The Labute approximate surface area is 122 Å². The molecule has 0 aromatic heterocycles. The monoisotopic (exact) mass is 272 g/mol. The number of rotatable bonds is 8. The Kier molecular flexibility index (Phi) is 7.41. The number of unbranched alkanes of at least 4 members (excludes halogenated alkanes) is 2. The standard InChI is InChI=1S/C18H24O2/c1-4-5-6-8-11-15(2)18(20-16(3)19)14-17-12-9-7-10-13-17/h7-13,18H,2,4-6,14H2,1,3H3/b11-8+. The maximum Gasteiger partial charge on any atom is 0.303 e. The Morgan fingerprint density at radius 3 is 2.65 bits per heavy atom. The molecular weight excluding hydrogens is 248 g/mol. The number of carbonyl (C=O) groups excluding carboxylic acids is 1. The average Bonchev–Trinajstić information content (AvgIpc) is 2.43. The number of carbonyl (C=O) groups is 1. The smallest absolute Gasteiger partial charge is 0.303 e. The number of hydrogen-bond acceptors (Lipinski definition) is 2. The summed E-state index contributed by atoms with van der Waals surface area (Å²) in [6.07, 6.45) is 7.84. The van der Waals surface area contributed by atoms with E-state index in [2.05, 4.69) is 19.6 Å². The highest BCUT2D eigenvalue weighted by Gasteiger charge is 2.14. The summed E-state index contributed by atoms with van der Waals surface area (Å²) in [6.45, 7) is 7.64. The van der Waals surface area contributed by atoms with Gasteiger partial charge in [0.25, 0.3) is 0 Å². The van der Waals surface area contributed by atoms with E-state index in [4.69, 9.17) is 4.74 Å². The predicted molar refractivity (Wildman–Crippen MR) is 83.5 cm³/mol. The third-order valence-corrected chi connectivity index (χ3v) is 3.04. The molecule has 1 unspecified atom stereocenters. The van der Waals surface area contributed by atoms with Gasteiger partial charge in [0, 0.05) is 13.3 Å². The zero-order valence-electron chi connectivity index (χ0n) is 12.5. The summed E-state index contributed by atoms with van der Waals surface area (Å²) in [6, 6.07) is 10.0. The second-order valence-electron chi connectivity index (χ2n) is 4.91. The molecule has 108 valence electrons. The van der Waals surface area contributed by atoms with Crippen LogP contribution in [0.3, 0.4) is 0 Å². The van der Waals surface area contributed by atoms with Gasteiger partial charge in [-0.1, -0.05) is 68.8 Å². The first-order valence-electron chi connectivity index (χ1n) is 7.20.